The molecule has 5 nitrogen and oxygen atoms in total. The number of urea groups is 1. The zero-order valence-electron chi connectivity index (χ0n) is 14.9. The highest BCUT2D eigenvalue weighted by atomic mass is 19.4. The molecule has 2 aliphatic carbocycles. The fraction of sp³-hybridized carbons (Fsp3) is 0.632. The van der Waals surface area contributed by atoms with Gasteiger partial charge in [0, 0.05) is 30.6 Å². The van der Waals surface area contributed by atoms with E-state index in [2.05, 4.69) is 10.6 Å². The van der Waals surface area contributed by atoms with Crippen LogP contribution in [0.25, 0.3) is 0 Å². The van der Waals surface area contributed by atoms with Crippen molar-refractivity contribution in [2.45, 2.75) is 69.4 Å². The number of hydrogen-bond donors (Lipinski definition) is 2. The SMILES string of the molecule is O=C(Nc1ccc2c(c1)OC1(CCCC1)O2)NC1CCCCC1C(F)(F)F. The van der Waals surface area contributed by atoms with Gasteiger partial charge in [0.25, 0.3) is 5.79 Å². The lowest BCUT2D eigenvalue weighted by Crippen LogP contribution is -2.48. The molecule has 0 radical (unpaired) electrons. The van der Waals surface area contributed by atoms with Crippen molar-refractivity contribution < 1.29 is 27.4 Å². The number of rotatable bonds is 2. The van der Waals surface area contributed by atoms with E-state index in [0.29, 0.717) is 36.4 Å². The molecule has 1 aromatic carbocycles. The predicted octanol–water partition coefficient (Wildman–Crippen LogP) is 4.97. The summed E-state index contributed by atoms with van der Waals surface area (Å²) in [6, 6.07) is 3.51. The van der Waals surface area contributed by atoms with Gasteiger partial charge in [-0.25, -0.2) is 4.79 Å². The van der Waals surface area contributed by atoms with Crippen LogP contribution in [0.2, 0.25) is 0 Å². The lowest BCUT2D eigenvalue weighted by atomic mass is 9.84. The van der Waals surface area contributed by atoms with Crippen molar-refractivity contribution in [1.29, 1.82) is 0 Å². The highest BCUT2D eigenvalue weighted by Gasteiger charge is 2.46. The molecule has 8 heteroatoms. The molecule has 0 aromatic heterocycles. The molecule has 1 aliphatic heterocycles. The van der Waals surface area contributed by atoms with Gasteiger partial charge in [-0.05, 0) is 37.8 Å². The first-order valence-corrected chi connectivity index (χ1v) is 9.51. The third kappa shape index (κ3) is 3.80. The maximum atomic E-state index is 13.2. The Labute approximate surface area is 155 Å². The minimum atomic E-state index is -4.30. The monoisotopic (exact) mass is 384 g/mol. The van der Waals surface area contributed by atoms with Crippen LogP contribution in [-0.2, 0) is 0 Å². The van der Waals surface area contributed by atoms with Gasteiger partial charge in [-0.1, -0.05) is 12.8 Å². The van der Waals surface area contributed by atoms with Crippen LogP contribution in [0.4, 0.5) is 23.7 Å². The van der Waals surface area contributed by atoms with Gasteiger partial charge in [-0.2, -0.15) is 13.2 Å². The maximum Gasteiger partial charge on any atom is 0.393 e. The molecule has 2 saturated carbocycles. The van der Waals surface area contributed by atoms with E-state index in [0.717, 1.165) is 25.7 Å². The fourth-order valence-corrected chi connectivity index (χ4v) is 4.32. The third-order valence-electron chi connectivity index (χ3n) is 5.66. The Kier molecular flexibility index (Phi) is 4.60. The molecule has 27 heavy (non-hydrogen) atoms. The minimum absolute atomic E-state index is 0.0561. The Bertz CT molecular complexity index is 717. The van der Waals surface area contributed by atoms with Gasteiger partial charge in [0.15, 0.2) is 11.5 Å². The number of alkyl halides is 3. The van der Waals surface area contributed by atoms with Gasteiger partial charge in [0.2, 0.25) is 0 Å². The van der Waals surface area contributed by atoms with E-state index in [9.17, 15) is 18.0 Å². The van der Waals surface area contributed by atoms with Crippen molar-refractivity contribution in [3.8, 4) is 11.5 Å². The zero-order valence-corrected chi connectivity index (χ0v) is 14.9. The number of hydrogen-bond acceptors (Lipinski definition) is 3. The normalized spacial score (nSPS) is 26.2. The average Bonchev–Trinajstić information content (AvgIpc) is 3.20. The second kappa shape index (κ2) is 6.80. The first-order valence-electron chi connectivity index (χ1n) is 9.51. The number of carbonyl (C=O) groups is 1. The summed E-state index contributed by atoms with van der Waals surface area (Å²) in [5.74, 6) is -0.894. The Hall–Kier alpha value is -2.12. The Morgan fingerprint density at radius 2 is 1.74 bits per heavy atom. The summed E-state index contributed by atoms with van der Waals surface area (Å²) in [5, 5.41) is 5.12. The lowest BCUT2D eigenvalue weighted by Gasteiger charge is -2.33. The molecule has 148 valence electrons. The summed E-state index contributed by atoms with van der Waals surface area (Å²) in [5.41, 5.74) is 0.462. The van der Waals surface area contributed by atoms with Gasteiger partial charge < -0.3 is 20.1 Å². The first-order chi connectivity index (χ1) is 12.8. The number of nitrogens with one attached hydrogen (secondary N) is 2. The van der Waals surface area contributed by atoms with E-state index < -0.39 is 30.0 Å². The molecule has 3 aliphatic rings. The van der Waals surface area contributed by atoms with Gasteiger partial charge in [-0.3, -0.25) is 0 Å². The van der Waals surface area contributed by atoms with Gasteiger partial charge in [0.05, 0.1) is 5.92 Å². The van der Waals surface area contributed by atoms with E-state index in [1.807, 2.05) is 0 Å². The van der Waals surface area contributed by atoms with Crippen molar-refractivity contribution in [2.75, 3.05) is 5.32 Å². The van der Waals surface area contributed by atoms with Crippen LogP contribution in [0.5, 0.6) is 11.5 Å². The first kappa shape index (κ1) is 18.3. The highest BCUT2D eigenvalue weighted by molar-refractivity contribution is 5.90. The lowest BCUT2D eigenvalue weighted by molar-refractivity contribution is -0.187. The number of benzene rings is 1. The van der Waals surface area contributed by atoms with Gasteiger partial charge in [0.1, 0.15) is 0 Å². The Morgan fingerprint density at radius 3 is 2.48 bits per heavy atom. The predicted molar refractivity (Wildman–Crippen MR) is 92.9 cm³/mol. The van der Waals surface area contributed by atoms with Gasteiger partial charge >= 0.3 is 12.2 Å². The average molecular weight is 384 g/mol. The topological polar surface area (TPSA) is 59.6 Å². The summed E-state index contributed by atoms with van der Waals surface area (Å²) in [6.45, 7) is 0. The smallest absolute Gasteiger partial charge is 0.393 e. The Morgan fingerprint density at radius 1 is 1.04 bits per heavy atom. The summed E-state index contributed by atoms with van der Waals surface area (Å²) < 4.78 is 51.3. The largest absolute Gasteiger partial charge is 0.448 e. The number of halogens is 3. The standard InChI is InChI=1S/C19H23F3N2O3/c20-19(21,22)13-5-1-2-6-14(13)24-17(25)23-12-7-8-15-16(11-12)27-18(26-15)9-3-4-10-18/h7-8,11,13-14H,1-6,9-10H2,(H2,23,24,25). The van der Waals surface area contributed by atoms with Crippen LogP contribution < -0.4 is 20.1 Å². The molecule has 0 saturated heterocycles. The van der Waals surface area contributed by atoms with Crippen LogP contribution in [-0.4, -0.2) is 24.0 Å². The van der Waals surface area contributed by atoms with Crippen LogP contribution in [0.1, 0.15) is 51.4 Å². The molecule has 1 heterocycles. The van der Waals surface area contributed by atoms with Gasteiger partial charge in [-0.15, -0.1) is 0 Å². The molecule has 2 atom stereocenters. The molecule has 1 spiro atoms. The highest BCUT2D eigenvalue weighted by Crippen LogP contribution is 2.47. The molecule has 2 amide bonds. The summed E-state index contributed by atoms with van der Waals surface area (Å²) >= 11 is 0. The number of ether oxygens (including phenoxy) is 2. The third-order valence-corrected chi connectivity index (χ3v) is 5.66. The molecular weight excluding hydrogens is 361 g/mol. The second-order valence-corrected chi connectivity index (χ2v) is 7.62. The second-order valence-electron chi connectivity index (χ2n) is 7.62. The van der Waals surface area contributed by atoms with E-state index >= 15 is 0 Å². The zero-order chi connectivity index (χ0) is 19.1. The summed E-state index contributed by atoms with van der Waals surface area (Å²) in [7, 11) is 0. The number of anilines is 1. The van der Waals surface area contributed by atoms with Crippen molar-refractivity contribution in [1.82, 2.24) is 5.32 Å². The Balaban J connectivity index is 1.39. The maximum absolute atomic E-state index is 13.2. The summed E-state index contributed by atoms with van der Waals surface area (Å²) in [6.07, 6.45) is 1.05. The quantitative estimate of drug-likeness (QED) is 0.757. The van der Waals surface area contributed by atoms with E-state index in [1.165, 1.54) is 0 Å². The van der Waals surface area contributed by atoms with Crippen LogP contribution in [0.15, 0.2) is 18.2 Å². The minimum Gasteiger partial charge on any atom is -0.448 e. The van der Waals surface area contributed by atoms with Crippen molar-refractivity contribution in [3.05, 3.63) is 18.2 Å². The molecule has 2 N–H and O–H groups in total. The van der Waals surface area contributed by atoms with Crippen LogP contribution in [0, 0.1) is 5.92 Å². The number of carbonyl (C=O) groups excluding carboxylic acids is 1. The van der Waals surface area contributed by atoms with Crippen molar-refractivity contribution in [2.24, 2.45) is 5.92 Å². The summed E-state index contributed by atoms with van der Waals surface area (Å²) in [4.78, 5) is 12.2. The van der Waals surface area contributed by atoms with Crippen LogP contribution >= 0.6 is 0 Å². The number of amides is 2. The van der Waals surface area contributed by atoms with E-state index in [-0.39, 0.29) is 6.42 Å². The molecule has 2 unspecified atom stereocenters. The van der Waals surface area contributed by atoms with Crippen molar-refractivity contribution in [3.63, 3.8) is 0 Å². The van der Waals surface area contributed by atoms with E-state index in [1.54, 1.807) is 18.2 Å². The molecule has 2 fully saturated rings. The fourth-order valence-electron chi connectivity index (χ4n) is 4.32. The van der Waals surface area contributed by atoms with E-state index in [4.69, 9.17) is 9.47 Å². The molecule has 1 aromatic rings. The molecule has 4 rings (SSSR count). The van der Waals surface area contributed by atoms with Crippen LogP contribution in [0.3, 0.4) is 0 Å². The number of fused-ring (bicyclic) bond motifs is 1. The molecular formula is C19H23F3N2O3. The van der Waals surface area contributed by atoms with Crippen molar-refractivity contribution >= 4 is 11.7 Å². The molecule has 0 bridgehead atoms.